The molecule has 0 atom stereocenters. The number of likely N-dealkylation sites (tertiary alicyclic amines) is 1. The number of pyridine rings is 1. The third-order valence-corrected chi connectivity index (χ3v) is 3.56. The molecule has 5 nitrogen and oxygen atoms in total. The van der Waals surface area contributed by atoms with Crippen molar-refractivity contribution in [1.29, 1.82) is 0 Å². The Labute approximate surface area is 111 Å². The third kappa shape index (κ3) is 2.12. The van der Waals surface area contributed by atoms with Gasteiger partial charge in [-0.2, -0.15) is 0 Å². The van der Waals surface area contributed by atoms with Gasteiger partial charge in [0.15, 0.2) is 0 Å². The lowest BCUT2D eigenvalue weighted by molar-refractivity contribution is 0.0517. The maximum Gasteiger partial charge on any atom is 0.255 e. The lowest BCUT2D eigenvalue weighted by atomic mass is 10.1. The zero-order valence-electron chi connectivity index (χ0n) is 11.1. The molecular formula is C14H16N4O. The first-order valence-electron chi connectivity index (χ1n) is 6.36. The lowest BCUT2D eigenvalue weighted by Gasteiger charge is -2.40. The van der Waals surface area contributed by atoms with Crippen molar-refractivity contribution in [3.05, 3.63) is 47.8 Å². The van der Waals surface area contributed by atoms with Gasteiger partial charge < -0.3 is 9.47 Å². The molecule has 19 heavy (non-hydrogen) atoms. The number of aromatic nitrogens is 3. The predicted octanol–water partition coefficient (Wildman–Crippen LogP) is 1.59. The first kappa shape index (κ1) is 11.9. The fourth-order valence-electron chi connectivity index (χ4n) is 2.35. The highest BCUT2D eigenvalue weighted by atomic mass is 16.2. The van der Waals surface area contributed by atoms with Crippen molar-refractivity contribution < 1.29 is 4.79 Å². The summed E-state index contributed by atoms with van der Waals surface area (Å²) in [6.45, 7) is 5.37. The highest BCUT2D eigenvalue weighted by Crippen LogP contribution is 2.24. The second kappa shape index (κ2) is 4.50. The Morgan fingerprint density at radius 3 is 2.63 bits per heavy atom. The Kier molecular flexibility index (Phi) is 2.81. The molecule has 3 rings (SSSR count). The van der Waals surface area contributed by atoms with Gasteiger partial charge in [0.05, 0.1) is 11.6 Å². The van der Waals surface area contributed by atoms with E-state index in [2.05, 4.69) is 14.5 Å². The second-order valence-electron chi connectivity index (χ2n) is 4.93. The maximum atomic E-state index is 12.2. The number of nitrogens with zero attached hydrogens (tertiary/aromatic N) is 4. The van der Waals surface area contributed by atoms with E-state index in [4.69, 9.17) is 0 Å². The molecule has 1 saturated heterocycles. The summed E-state index contributed by atoms with van der Waals surface area (Å²) in [5.41, 5.74) is 1.58. The van der Waals surface area contributed by atoms with Crippen LogP contribution in [0.5, 0.6) is 0 Å². The van der Waals surface area contributed by atoms with Gasteiger partial charge in [-0.15, -0.1) is 0 Å². The van der Waals surface area contributed by atoms with Crippen molar-refractivity contribution in [2.75, 3.05) is 13.1 Å². The molecule has 1 aliphatic rings. The minimum absolute atomic E-state index is 0.0570. The van der Waals surface area contributed by atoms with Gasteiger partial charge in [-0.3, -0.25) is 9.78 Å². The summed E-state index contributed by atoms with van der Waals surface area (Å²) < 4.78 is 2.12. The number of rotatable bonds is 2. The predicted molar refractivity (Wildman–Crippen MR) is 70.9 cm³/mol. The molecule has 0 aromatic carbocycles. The molecule has 0 bridgehead atoms. The summed E-state index contributed by atoms with van der Waals surface area (Å²) in [6, 6.07) is 4.05. The van der Waals surface area contributed by atoms with E-state index in [1.807, 2.05) is 37.1 Å². The van der Waals surface area contributed by atoms with Gasteiger partial charge in [0.1, 0.15) is 5.82 Å². The van der Waals surface area contributed by atoms with Crippen LogP contribution in [0.3, 0.4) is 0 Å². The van der Waals surface area contributed by atoms with Gasteiger partial charge in [0, 0.05) is 37.4 Å². The highest BCUT2D eigenvalue weighted by Gasteiger charge is 2.32. The number of carbonyl (C=O) groups excluding carboxylic acids is 1. The van der Waals surface area contributed by atoms with Crippen molar-refractivity contribution in [3.8, 4) is 0 Å². The summed E-state index contributed by atoms with van der Waals surface area (Å²) in [6.07, 6.45) is 5.41. The van der Waals surface area contributed by atoms with Crippen molar-refractivity contribution in [2.45, 2.75) is 19.9 Å². The van der Waals surface area contributed by atoms with E-state index in [1.54, 1.807) is 12.4 Å². The van der Waals surface area contributed by atoms with E-state index in [1.165, 1.54) is 0 Å². The Bertz CT molecular complexity index is 596. The molecular weight excluding hydrogens is 240 g/mol. The molecule has 1 aliphatic heterocycles. The fourth-order valence-corrected chi connectivity index (χ4v) is 2.35. The number of amides is 1. The number of imidazole rings is 1. The molecule has 0 unspecified atom stereocenters. The van der Waals surface area contributed by atoms with Crippen LogP contribution in [0.1, 0.15) is 27.9 Å². The Balaban J connectivity index is 1.66. The van der Waals surface area contributed by atoms with Crippen LogP contribution >= 0.6 is 0 Å². The monoisotopic (exact) mass is 256 g/mol. The molecule has 1 amide bonds. The molecule has 0 spiro atoms. The quantitative estimate of drug-likeness (QED) is 0.820. The van der Waals surface area contributed by atoms with Crippen LogP contribution in [0.2, 0.25) is 0 Å². The SMILES string of the molecule is Cc1ccc(C(=O)N2CC(n3ccnc3C)C2)cn1. The van der Waals surface area contributed by atoms with E-state index in [0.717, 1.165) is 24.6 Å². The van der Waals surface area contributed by atoms with Crippen LogP contribution in [0.4, 0.5) is 0 Å². The van der Waals surface area contributed by atoms with E-state index in [9.17, 15) is 4.79 Å². The Morgan fingerprint density at radius 2 is 2.05 bits per heavy atom. The lowest BCUT2D eigenvalue weighted by Crippen LogP contribution is -2.50. The van der Waals surface area contributed by atoms with Crippen LogP contribution in [0, 0.1) is 13.8 Å². The van der Waals surface area contributed by atoms with Gasteiger partial charge in [0.25, 0.3) is 5.91 Å². The number of hydrogen-bond donors (Lipinski definition) is 0. The van der Waals surface area contributed by atoms with Crippen LogP contribution in [0.15, 0.2) is 30.7 Å². The average molecular weight is 256 g/mol. The Morgan fingerprint density at radius 1 is 1.26 bits per heavy atom. The summed E-state index contributed by atoms with van der Waals surface area (Å²) >= 11 is 0. The molecule has 2 aromatic rings. The highest BCUT2D eigenvalue weighted by molar-refractivity contribution is 5.94. The summed E-state index contributed by atoms with van der Waals surface area (Å²) in [5.74, 6) is 1.05. The number of aryl methyl sites for hydroxylation is 2. The van der Waals surface area contributed by atoms with Crippen molar-refractivity contribution in [1.82, 2.24) is 19.4 Å². The molecule has 0 N–H and O–H groups in total. The smallest absolute Gasteiger partial charge is 0.255 e. The van der Waals surface area contributed by atoms with Crippen LogP contribution in [-0.4, -0.2) is 38.4 Å². The summed E-state index contributed by atoms with van der Waals surface area (Å²) in [5, 5.41) is 0. The molecule has 1 fully saturated rings. The molecule has 3 heterocycles. The van der Waals surface area contributed by atoms with Gasteiger partial charge >= 0.3 is 0 Å². The number of hydrogen-bond acceptors (Lipinski definition) is 3. The zero-order valence-corrected chi connectivity index (χ0v) is 11.1. The number of carbonyl (C=O) groups is 1. The largest absolute Gasteiger partial charge is 0.334 e. The first-order chi connectivity index (χ1) is 9.15. The summed E-state index contributed by atoms with van der Waals surface area (Å²) in [7, 11) is 0. The van der Waals surface area contributed by atoms with Gasteiger partial charge in [-0.05, 0) is 26.0 Å². The fraction of sp³-hybridized carbons (Fsp3) is 0.357. The molecule has 2 aromatic heterocycles. The van der Waals surface area contributed by atoms with E-state index in [0.29, 0.717) is 11.6 Å². The minimum atomic E-state index is 0.0570. The average Bonchev–Trinajstić information content (AvgIpc) is 2.75. The van der Waals surface area contributed by atoms with Gasteiger partial charge in [-0.1, -0.05) is 0 Å². The second-order valence-corrected chi connectivity index (χ2v) is 4.93. The van der Waals surface area contributed by atoms with Gasteiger partial charge in [0.2, 0.25) is 0 Å². The van der Waals surface area contributed by atoms with Crippen molar-refractivity contribution in [3.63, 3.8) is 0 Å². The molecule has 98 valence electrons. The third-order valence-electron chi connectivity index (χ3n) is 3.56. The molecule has 0 aliphatic carbocycles. The van der Waals surface area contributed by atoms with Crippen LogP contribution in [0.25, 0.3) is 0 Å². The van der Waals surface area contributed by atoms with Crippen LogP contribution in [-0.2, 0) is 0 Å². The first-order valence-corrected chi connectivity index (χ1v) is 6.36. The minimum Gasteiger partial charge on any atom is -0.334 e. The molecule has 0 radical (unpaired) electrons. The van der Waals surface area contributed by atoms with Gasteiger partial charge in [-0.25, -0.2) is 4.98 Å². The normalized spacial score (nSPS) is 15.4. The van der Waals surface area contributed by atoms with Crippen molar-refractivity contribution >= 4 is 5.91 Å². The topological polar surface area (TPSA) is 51.0 Å². The van der Waals surface area contributed by atoms with Crippen LogP contribution < -0.4 is 0 Å². The van der Waals surface area contributed by atoms with E-state index >= 15 is 0 Å². The molecule has 0 saturated carbocycles. The Hall–Kier alpha value is -2.17. The van der Waals surface area contributed by atoms with Crippen molar-refractivity contribution in [2.24, 2.45) is 0 Å². The molecule has 5 heteroatoms. The van der Waals surface area contributed by atoms with E-state index in [-0.39, 0.29) is 5.91 Å². The zero-order chi connectivity index (χ0) is 13.4. The maximum absolute atomic E-state index is 12.2. The standard InChI is InChI=1S/C14H16N4O/c1-10-3-4-12(7-16-10)14(19)17-8-13(9-17)18-6-5-15-11(18)2/h3-7,13H,8-9H2,1-2H3. The summed E-state index contributed by atoms with van der Waals surface area (Å²) in [4.78, 5) is 22.4. The van der Waals surface area contributed by atoms with E-state index < -0.39 is 0 Å².